The topological polar surface area (TPSA) is 99.4 Å². The van der Waals surface area contributed by atoms with Crippen LogP contribution in [0.1, 0.15) is 31.4 Å². The number of carboxylic acid groups (broad SMARTS) is 1. The first-order valence-electron chi connectivity index (χ1n) is 8.21. The SMILES string of the molecule is CCC(NC(=O)C(C)Oc1ccccc1C#N)(C(=O)O)c1ccccc1. The summed E-state index contributed by atoms with van der Waals surface area (Å²) in [4.78, 5) is 24.6. The number of nitrogens with zero attached hydrogens (tertiary/aromatic N) is 1. The highest BCUT2D eigenvalue weighted by Crippen LogP contribution is 2.26. The Labute approximate surface area is 152 Å². The maximum atomic E-state index is 12.6. The van der Waals surface area contributed by atoms with Gasteiger partial charge in [0.15, 0.2) is 11.6 Å². The van der Waals surface area contributed by atoms with Gasteiger partial charge in [0, 0.05) is 0 Å². The van der Waals surface area contributed by atoms with E-state index in [0.717, 1.165) is 0 Å². The van der Waals surface area contributed by atoms with Crippen molar-refractivity contribution in [2.45, 2.75) is 31.9 Å². The molecule has 0 radical (unpaired) electrons. The van der Waals surface area contributed by atoms with E-state index in [1.54, 1.807) is 61.5 Å². The second kappa shape index (κ2) is 8.17. The number of amides is 1. The molecule has 0 aliphatic rings. The van der Waals surface area contributed by atoms with Crippen LogP contribution in [0.3, 0.4) is 0 Å². The Morgan fingerprint density at radius 2 is 1.81 bits per heavy atom. The lowest BCUT2D eigenvalue weighted by Crippen LogP contribution is -2.54. The summed E-state index contributed by atoms with van der Waals surface area (Å²) in [5.74, 6) is -1.45. The second-order valence-corrected chi connectivity index (χ2v) is 5.79. The van der Waals surface area contributed by atoms with Gasteiger partial charge in [-0.25, -0.2) is 4.79 Å². The van der Waals surface area contributed by atoms with Crippen LogP contribution < -0.4 is 10.1 Å². The van der Waals surface area contributed by atoms with Crippen LogP contribution in [0, 0.1) is 11.3 Å². The fourth-order valence-corrected chi connectivity index (χ4v) is 2.63. The zero-order valence-corrected chi connectivity index (χ0v) is 14.6. The standard InChI is InChI=1S/C20H20N2O4/c1-3-20(19(24)25,16-10-5-4-6-11-16)22-18(23)14(2)26-17-12-8-7-9-15(17)13-21/h4-12,14H,3H2,1-2H3,(H,22,23)(H,24,25). The van der Waals surface area contributed by atoms with E-state index >= 15 is 0 Å². The summed E-state index contributed by atoms with van der Waals surface area (Å²) >= 11 is 0. The number of carbonyl (C=O) groups excluding carboxylic acids is 1. The van der Waals surface area contributed by atoms with Gasteiger partial charge in [-0.1, -0.05) is 49.4 Å². The van der Waals surface area contributed by atoms with Crippen LogP contribution in [0.4, 0.5) is 0 Å². The molecule has 0 spiro atoms. The lowest BCUT2D eigenvalue weighted by atomic mass is 9.87. The molecule has 2 atom stereocenters. The summed E-state index contributed by atoms with van der Waals surface area (Å²) in [6.45, 7) is 3.20. The first kappa shape index (κ1) is 19.0. The average Bonchev–Trinajstić information content (AvgIpc) is 2.66. The summed E-state index contributed by atoms with van der Waals surface area (Å²) in [7, 11) is 0. The molecule has 0 heterocycles. The number of para-hydroxylation sites is 1. The monoisotopic (exact) mass is 352 g/mol. The molecule has 0 aromatic heterocycles. The molecule has 2 N–H and O–H groups in total. The van der Waals surface area contributed by atoms with Gasteiger partial charge in [0.2, 0.25) is 0 Å². The highest BCUT2D eigenvalue weighted by molar-refractivity contribution is 5.90. The van der Waals surface area contributed by atoms with Crippen molar-refractivity contribution in [1.82, 2.24) is 5.32 Å². The van der Waals surface area contributed by atoms with E-state index in [0.29, 0.717) is 11.1 Å². The van der Waals surface area contributed by atoms with E-state index < -0.39 is 23.5 Å². The number of hydrogen-bond acceptors (Lipinski definition) is 4. The normalized spacial score (nSPS) is 13.7. The molecule has 0 aliphatic heterocycles. The molecule has 1 amide bonds. The Bertz CT molecular complexity index is 829. The lowest BCUT2D eigenvalue weighted by Gasteiger charge is -2.31. The smallest absolute Gasteiger partial charge is 0.334 e. The van der Waals surface area contributed by atoms with E-state index in [1.807, 2.05) is 6.07 Å². The van der Waals surface area contributed by atoms with E-state index in [9.17, 15) is 14.7 Å². The number of benzene rings is 2. The predicted octanol–water partition coefficient (Wildman–Crippen LogP) is 2.83. The van der Waals surface area contributed by atoms with Gasteiger partial charge in [-0.3, -0.25) is 4.79 Å². The van der Waals surface area contributed by atoms with Crippen molar-refractivity contribution in [3.63, 3.8) is 0 Å². The predicted molar refractivity (Wildman–Crippen MR) is 95.4 cm³/mol. The van der Waals surface area contributed by atoms with Crippen LogP contribution in [0.25, 0.3) is 0 Å². The summed E-state index contributed by atoms with van der Waals surface area (Å²) in [6, 6.07) is 17.1. The van der Waals surface area contributed by atoms with E-state index in [4.69, 9.17) is 10.00 Å². The van der Waals surface area contributed by atoms with Crippen molar-refractivity contribution >= 4 is 11.9 Å². The van der Waals surface area contributed by atoms with Gasteiger partial charge < -0.3 is 15.2 Å². The Balaban J connectivity index is 2.25. The second-order valence-electron chi connectivity index (χ2n) is 5.79. The van der Waals surface area contributed by atoms with Gasteiger partial charge in [0.25, 0.3) is 5.91 Å². The minimum absolute atomic E-state index is 0.166. The molecule has 6 heteroatoms. The molecule has 2 aromatic carbocycles. The third kappa shape index (κ3) is 3.83. The maximum Gasteiger partial charge on any atom is 0.334 e. The lowest BCUT2D eigenvalue weighted by molar-refractivity contribution is -0.149. The first-order valence-corrected chi connectivity index (χ1v) is 8.21. The van der Waals surface area contributed by atoms with E-state index in [1.165, 1.54) is 6.92 Å². The molecule has 0 saturated heterocycles. The van der Waals surface area contributed by atoms with Gasteiger partial charge >= 0.3 is 5.97 Å². The van der Waals surface area contributed by atoms with Crippen LogP contribution in [0.5, 0.6) is 5.75 Å². The molecule has 0 aliphatic carbocycles. The molecule has 0 fully saturated rings. The van der Waals surface area contributed by atoms with Crippen molar-refractivity contribution in [2.24, 2.45) is 0 Å². The van der Waals surface area contributed by atoms with Crippen molar-refractivity contribution in [3.05, 3.63) is 65.7 Å². The molecule has 6 nitrogen and oxygen atoms in total. The van der Waals surface area contributed by atoms with Crippen molar-refractivity contribution in [3.8, 4) is 11.8 Å². The number of aliphatic carboxylic acids is 1. The summed E-state index contributed by atoms with van der Waals surface area (Å²) in [5, 5.41) is 21.5. The minimum atomic E-state index is -1.55. The summed E-state index contributed by atoms with van der Waals surface area (Å²) in [5.41, 5.74) is -0.770. The molecular weight excluding hydrogens is 332 g/mol. The number of carboxylic acids is 1. The highest BCUT2D eigenvalue weighted by atomic mass is 16.5. The maximum absolute atomic E-state index is 12.6. The molecule has 2 rings (SSSR count). The van der Waals surface area contributed by atoms with E-state index in [2.05, 4.69) is 5.32 Å². The molecule has 2 unspecified atom stereocenters. The number of ether oxygens (including phenoxy) is 1. The Kier molecular flexibility index (Phi) is 5.97. The molecule has 134 valence electrons. The Morgan fingerprint density at radius 1 is 1.19 bits per heavy atom. The van der Waals surface area contributed by atoms with Crippen molar-refractivity contribution in [1.29, 1.82) is 5.26 Å². The highest BCUT2D eigenvalue weighted by Gasteiger charge is 2.41. The third-order valence-corrected chi connectivity index (χ3v) is 4.18. The number of nitriles is 1. The molecule has 2 aromatic rings. The summed E-state index contributed by atoms with van der Waals surface area (Å²) in [6.07, 6.45) is -0.807. The summed E-state index contributed by atoms with van der Waals surface area (Å²) < 4.78 is 5.58. The number of carbonyl (C=O) groups is 2. The van der Waals surface area contributed by atoms with E-state index in [-0.39, 0.29) is 12.2 Å². The largest absolute Gasteiger partial charge is 0.480 e. The number of hydrogen-bond donors (Lipinski definition) is 2. The van der Waals surface area contributed by atoms with Crippen molar-refractivity contribution in [2.75, 3.05) is 0 Å². The molecule has 26 heavy (non-hydrogen) atoms. The minimum Gasteiger partial charge on any atom is -0.480 e. The van der Waals surface area contributed by atoms with Crippen LogP contribution in [-0.2, 0) is 15.1 Å². The van der Waals surface area contributed by atoms with Gasteiger partial charge in [-0.2, -0.15) is 5.26 Å². The molecular formula is C20H20N2O4. The van der Waals surface area contributed by atoms with Crippen molar-refractivity contribution < 1.29 is 19.4 Å². The fourth-order valence-electron chi connectivity index (χ4n) is 2.63. The van der Waals surface area contributed by atoms with Gasteiger partial charge in [-0.15, -0.1) is 0 Å². The zero-order valence-electron chi connectivity index (χ0n) is 14.6. The first-order chi connectivity index (χ1) is 12.4. The van der Waals surface area contributed by atoms with Crippen LogP contribution in [0.15, 0.2) is 54.6 Å². The van der Waals surface area contributed by atoms with Gasteiger partial charge in [0.05, 0.1) is 5.56 Å². The van der Waals surface area contributed by atoms with Crippen LogP contribution in [0.2, 0.25) is 0 Å². The average molecular weight is 352 g/mol. The zero-order chi connectivity index (χ0) is 19.2. The van der Waals surface area contributed by atoms with Gasteiger partial charge in [-0.05, 0) is 31.0 Å². The third-order valence-electron chi connectivity index (χ3n) is 4.18. The van der Waals surface area contributed by atoms with Crippen LogP contribution in [-0.4, -0.2) is 23.1 Å². The van der Waals surface area contributed by atoms with Crippen LogP contribution >= 0.6 is 0 Å². The fraction of sp³-hybridized carbons (Fsp3) is 0.250. The Hall–Kier alpha value is -3.33. The Morgan fingerprint density at radius 3 is 2.38 bits per heavy atom. The molecule has 0 bridgehead atoms. The number of rotatable bonds is 7. The van der Waals surface area contributed by atoms with Gasteiger partial charge in [0.1, 0.15) is 11.8 Å². The quantitative estimate of drug-likeness (QED) is 0.798. The molecule has 0 saturated carbocycles. The number of nitrogens with one attached hydrogen (secondary N) is 1.